The molecule has 0 amide bonds. The highest BCUT2D eigenvalue weighted by atomic mass is 16.3. The average Bonchev–Trinajstić information content (AvgIpc) is 2.86. The molecule has 0 fully saturated rings. The molecule has 2 rings (SSSR count). The molecule has 0 bridgehead atoms. The fraction of sp³-hybridized carbons (Fsp3) is 0.500. The number of H-pyrrole nitrogens is 1. The van der Waals surface area contributed by atoms with Crippen molar-refractivity contribution < 1.29 is 5.11 Å². The van der Waals surface area contributed by atoms with Crippen LogP contribution in [0.4, 0.5) is 11.8 Å². The Morgan fingerprint density at radius 1 is 1.50 bits per heavy atom. The molecular formula is C10H17N7O. The van der Waals surface area contributed by atoms with Gasteiger partial charge in [-0.1, -0.05) is 6.92 Å². The van der Waals surface area contributed by atoms with Gasteiger partial charge < -0.3 is 10.4 Å². The van der Waals surface area contributed by atoms with E-state index in [-0.39, 0.29) is 12.6 Å². The molecule has 1 unspecified atom stereocenters. The number of rotatable bonds is 5. The zero-order valence-corrected chi connectivity index (χ0v) is 10.4. The van der Waals surface area contributed by atoms with E-state index in [0.29, 0.717) is 11.5 Å². The van der Waals surface area contributed by atoms with Crippen molar-refractivity contribution in [3.63, 3.8) is 0 Å². The van der Waals surface area contributed by atoms with E-state index in [9.17, 15) is 5.11 Å². The second-order valence-corrected chi connectivity index (χ2v) is 4.37. The minimum atomic E-state index is -0.454. The number of aromatic amines is 1. The van der Waals surface area contributed by atoms with E-state index in [2.05, 4.69) is 30.9 Å². The topological polar surface area (TPSA) is 125 Å². The van der Waals surface area contributed by atoms with Gasteiger partial charge in [0.2, 0.25) is 5.95 Å². The molecule has 0 saturated heterocycles. The maximum Gasteiger partial charge on any atom is 0.241 e. The van der Waals surface area contributed by atoms with Crippen LogP contribution in [0.3, 0.4) is 0 Å². The molecule has 0 aliphatic carbocycles. The summed E-state index contributed by atoms with van der Waals surface area (Å²) in [5.41, 5.74) is 2.53. The molecule has 2 heterocycles. The van der Waals surface area contributed by atoms with E-state index in [4.69, 9.17) is 5.84 Å². The molecule has 1 atom stereocenters. The van der Waals surface area contributed by atoms with Crippen LogP contribution >= 0.6 is 0 Å². The van der Waals surface area contributed by atoms with Gasteiger partial charge in [0.15, 0.2) is 5.65 Å². The Labute approximate surface area is 104 Å². The first-order valence-corrected chi connectivity index (χ1v) is 5.68. The highest BCUT2D eigenvalue weighted by Gasteiger charge is 2.23. The van der Waals surface area contributed by atoms with Crippen molar-refractivity contribution in [1.82, 2.24) is 20.2 Å². The van der Waals surface area contributed by atoms with Crippen molar-refractivity contribution in [2.24, 2.45) is 5.84 Å². The zero-order chi connectivity index (χ0) is 13.2. The van der Waals surface area contributed by atoms with Crippen molar-refractivity contribution in [3.8, 4) is 0 Å². The smallest absolute Gasteiger partial charge is 0.241 e. The van der Waals surface area contributed by atoms with Crippen LogP contribution in [-0.2, 0) is 0 Å². The van der Waals surface area contributed by atoms with Crippen LogP contribution in [0.1, 0.15) is 20.3 Å². The summed E-state index contributed by atoms with van der Waals surface area (Å²) in [4.78, 5) is 8.37. The van der Waals surface area contributed by atoms with E-state index in [1.165, 1.54) is 0 Å². The third kappa shape index (κ3) is 2.20. The summed E-state index contributed by atoms with van der Waals surface area (Å²) in [6.45, 7) is 3.90. The van der Waals surface area contributed by atoms with Crippen LogP contribution in [-0.4, -0.2) is 37.4 Å². The number of hydrogen-bond acceptors (Lipinski definition) is 7. The molecule has 0 aliphatic heterocycles. The highest BCUT2D eigenvalue weighted by Crippen LogP contribution is 2.24. The third-order valence-electron chi connectivity index (χ3n) is 2.99. The summed E-state index contributed by atoms with van der Waals surface area (Å²) < 4.78 is 0. The first-order valence-electron chi connectivity index (χ1n) is 5.68. The minimum absolute atomic E-state index is 0.00175. The normalized spacial score (nSPS) is 14.4. The molecule has 0 radical (unpaired) electrons. The molecule has 0 aliphatic rings. The van der Waals surface area contributed by atoms with Gasteiger partial charge in [0, 0.05) is 0 Å². The van der Waals surface area contributed by atoms with Gasteiger partial charge >= 0.3 is 0 Å². The maximum absolute atomic E-state index is 9.43. The van der Waals surface area contributed by atoms with Gasteiger partial charge in [0.25, 0.3) is 0 Å². The molecule has 0 aromatic carbocycles. The Hall–Kier alpha value is -1.93. The SMILES string of the molecule is CCC(C)(CO)Nc1nc(NN)nc2[nH]ncc12. The summed E-state index contributed by atoms with van der Waals surface area (Å²) in [6.07, 6.45) is 2.38. The fourth-order valence-corrected chi connectivity index (χ4v) is 1.52. The second-order valence-electron chi connectivity index (χ2n) is 4.37. The molecule has 98 valence electrons. The number of fused-ring (bicyclic) bond motifs is 1. The third-order valence-corrected chi connectivity index (χ3v) is 2.99. The Morgan fingerprint density at radius 2 is 2.28 bits per heavy atom. The van der Waals surface area contributed by atoms with Gasteiger partial charge in [0.05, 0.1) is 23.7 Å². The lowest BCUT2D eigenvalue weighted by atomic mass is 10.0. The molecule has 6 N–H and O–H groups in total. The number of nitrogens with two attached hydrogens (primary N) is 1. The average molecular weight is 251 g/mol. The number of nitrogen functional groups attached to an aromatic ring is 1. The maximum atomic E-state index is 9.43. The van der Waals surface area contributed by atoms with Gasteiger partial charge in [-0.15, -0.1) is 0 Å². The van der Waals surface area contributed by atoms with E-state index in [1.807, 2.05) is 13.8 Å². The minimum Gasteiger partial charge on any atom is -0.394 e. The summed E-state index contributed by atoms with van der Waals surface area (Å²) >= 11 is 0. The molecule has 18 heavy (non-hydrogen) atoms. The molecule has 8 heteroatoms. The zero-order valence-electron chi connectivity index (χ0n) is 10.4. The van der Waals surface area contributed by atoms with Crippen molar-refractivity contribution in [2.75, 3.05) is 17.3 Å². The van der Waals surface area contributed by atoms with E-state index in [1.54, 1.807) is 6.20 Å². The van der Waals surface area contributed by atoms with Gasteiger partial charge in [-0.2, -0.15) is 15.1 Å². The van der Waals surface area contributed by atoms with Gasteiger partial charge in [-0.25, -0.2) is 5.84 Å². The number of nitrogens with zero attached hydrogens (tertiary/aromatic N) is 3. The molecular weight excluding hydrogens is 234 g/mol. The molecule has 0 spiro atoms. The van der Waals surface area contributed by atoms with Crippen LogP contribution in [0, 0.1) is 0 Å². The lowest BCUT2D eigenvalue weighted by Crippen LogP contribution is -2.38. The van der Waals surface area contributed by atoms with Crippen molar-refractivity contribution in [3.05, 3.63) is 6.20 Å². The quantitative estimate of drug-likeness (QED) is 0.380. The number of aromatic nitrogens is 4. The summed E-state index contributed by atoms with van der Waals surface area (Å²) in [7, 11) is 0. The Balaban J connectivity index is 2.45. The predicted molar refractivity (Wildman–Crippen MR) is 68.9 cm³/mol. The second kappa shape index (κ2) is 4.75. The van der Waals surface area contributed by atoms with Crippen LogP contribution in [0.25, 0.3) is 11.0 Å². The first-order chi connectivity index (χ1) is 8.61. The number of aliphatic hydroxyl groups excluding tert-OH is 1. The highest BCUT2D eigenvalue weighted by molar-refractivity contribution is 5.87. The van der Waals surface area contributed by atoms with Crippen molar-refractivity contribution >= 4 is 22.8 Å². The Kier molecular flexibility index (Phi) is 3.30. The summed E-state index contributed by atoms with van der Waals surface area (Å²) in [6, 6.07) is 0. The van der Waals surface area contributed by atoms with Crippen LogP contribution in [0.2, 0.25) is 0 Å². The Bertz CT molecular complexity index is 534. The lowest BCUT2D eigenvalue weighted by Gasteiger charge is -2.28. The van der Waals surface area contributed by atoms with Crippen molar-refractivity contribution in [1.29, 1.82) is 0 Å². The summed E-state index contributed by atoms with van der Waals surface area (Å²) in [5, 5.41) is 20.1. The van der Waals surface area contributed by atoms with Gasteiger partial charge in [-0.3, -0.25) is 10.5 Å². The van der Waals surface area contributed by atoms with E-state index < -0.39 is 5.54 Å². The fourth-order valence-electron chi connectivity index (χ4n) is 1.52. The van der Waals surface area contributed by atoms with Crippen LogP contribution in [0.15, 0.2) is 6.20 Å². The number of nitrogens with one attached hydrogen (secondary N) is 3. The van der Waals surface area contributed by atoms with Crippen LogP contribution < -0.4 is 16.6 Å². The van der Waals surface area contributed by atoms with Crippen molar-refractivity contribution in [2.45, 2.75) is 25.8 Å². The molecule has 8 nitrogen and oxygen atoms in total. The van der Waals surface area contributed by atoms with E-state index in [0.717, 1.165) is 11.8 Å². The number of hydrogen-bond donors (Lipinski definition) is 5. The summed E-state index contributed by atoms with van der Waals surface area (Å²) in [5.74, 6) is 6.19. The largest absolute Gasteiger partial charge is 0.394 e. The molecule has 2 aromatic heterocycles. The number of hydrazine groups is 1. The number of anilines is 2. The van der Waals surface area contributed by atoms with Gasteiger partial charge in [-0.05, 0) is 13.3 Å². The standard InChI is InChI=1S/C10H17N7O/c1-3-10(2,5-18)15-7-6-4-12-17-8(6)14-9(13-7)16-11/h4,18H,3,5,11H2,1-2H3,(H3,12,13,14,15,16,17). The van der Waals surface area contributed by atoms with Gasteiger partial charge in [0.1, 0.15) is 5.82 Å². The molecule has 0 saturated carbocycles. The predicted octanol–water partition coefficient (Wildman–Crippen LogP) is 0.211. The van der Waals surface area contributed by atoms with Crippen LogP contribution in [0.5, 0.6) is 0 Å². The lowest BCUT2D eigenvalue weighted by molar-refractivity contribution is 0.218. The first kappa shape index (κ1) is 12.5. The number of aliphatic hydroxyl groups is 1. The van der Waals surface area contributed by atoms with E-state index >= 15 is 0 Å². The monoisotopic (exact) mass is 251 g/mol. The Morgan fingerprint density at radius 3 is 2.89 bits per heavy atom. The molecule has 2 aromatic rings.